The van der Waals surface area contributed by atoms with Crippen molar-refractivity contribution in [2.45, 2.75) is 32.7 Å². The number of aromatic nitrogens is 2. The highest BCUT2D eigenvalue weighted by molar-refractivity contribution is 5.98. The van der Waals surface area contributed by atoms with E-state index in [0.717, 1.165) is 12.5 Å². The van der Waals surface area contributed by atoms with Crippen LogP contribution < -0.4 is 10.1 Å². The normalized spacial score (nSPS) is 12.2. The van der Waals surface area contributed by atoms with Crippen molar-refractivity contribution < 1.29 is 27.8 Å². The molecule has 1 N–H and O–H groups in total. The minimum atomic E-state index is -3.03. The quantitative estimate of drug-likeness (QED) is 0.510. The van der Waals surface area contributed by atoms with Crippen molar-refractivity contribution >= 4 is 11.9 Å². The SMILES string of the molecule is COC(=O)c1ccc([C@H](C)NC(=O)c2c(C)nn(C)c2Oc2cccc(C(C)(F)F)c2)cc1. The van der Waals surface area contributed by atoms with Gasteiger partial charge in [-0.2, -0.15) is 5.10 Å². The van der Waals surface area contributed by atoms with Gasteiger partial charge in [0.25, 0.3) is 11.8 Å². The maximum absolute atomic E-state index is 13.7. The Morgan fingerprint density at radius 2 is 1.82 bits per heavy atom. The molecule has 1 amide bonds. The minimum absolute atomic E-state index is 0.134. The number of amides is 1. The lowest BCUT2D eigenvalue weighted by Gasteiger charge is -2.16. The molecule has 0 unspecified atom stereocenters. The molecule has 1 atom stereocenters. The van der Waals surface area contributed by atoms with Crippen LogP contribution >= 0.6 is 0 Å². The van der Waals surface area contributed by atoms with Gasteiger partial charge >= 0.3 is 5.97 Å². The highest BCUT2D eigenvalue weighted by Gasteiger charge is 2.27. The Labute approximate surface area is 190 Å². The molecule has 1 heterocycles. The number of nitrogens with one attached hydrogen (secondary N) is 1. The average molecular weight is 457 g/mol. The van der Waals surface area contributed by atoms with Crippen LogP contribution in [0.4, 0.5) is 8.78 Å². The van der Waals surface area contributed by atoms with Gasteiger partial charge in [-0.15, -0.1) is 0 Å². The summed E-state index contributed by atoms with van der Waals surface area (Å²) < 4.78 is 39.3. The summed E-state index contributed by atoms with van der Waals surface area (Å²) in [7, 11) is 2.91. The van der Waals surface area contributed by atoms with Gasteiger partial charge in [-0.05, 0) is 43.7 Å². The molecule has 3 aromatic rings. The Morgan fingerprint density at radius 1 is 1.15 bits per heavy atom. The number of rotatable bonds is 7. The smallest absolute Gasteiger partial charge is 0.337 e. The summed E-state index contributed by atoms with van der Waals surface area (Å²) in [5.41, 5.74) is 1.60. The van der Waals surface area contributed by atoms with Crippen molar-refractivity contribution in [1.29, 1.82) is 0 Å². The molecule has 0 fully saturated rings. The summed E-state index contributed by atoms with van der Waals surface area (Å²) in [6.45, 7) is 4.26. The molecule has 2 aromatic carbocycles. The molecule has 0 aliphatic heterocycles. The van der Waals surface area contributed by atoms with E-state index in [-0.39, 0.29) is 22.8 Å². The molecule has 0 bridgehead atoms. The van der Waals surface area contributed by atoms with Gasteiger partial charge < -0.3 is 14.8 Å². The van der Waals surface area contributed by atoms with Gasteiger partial charge in [0.05, 0.1) is 24.4 Å². The monoisotopic (exact) mass is 457 g/mol. The summed E-state index contributed by atoms with van der Waals surface area (Å²) >= 11 is 0. The van der Waals surface area contributed by atoms with Crippen molar-refractivity contribution in [3.8, 4) is 11.6 Å². The fraction of sp³-hybridized carbons (Fsp3) is 0.292. The molecule has 9 heteroatoms. The Hall–Kier alpha value is -3.75. The molecule has 33 heavy (non-hydrogen) atoms. The second kappa shape index (κ2) is 9.40. The number of methoxy groups -OCH3 is 1. The number of halogens is 2. The van der Waals surface area contributed by atoms with Crippen LogP contribution in [0.25, 0.3) is 0 Å². The summed E-state index contributed by atoms with van der Waals surface area (Å²) in [5, 5.41) is 7.13. The number of carbonyl (C=O) groups is 2. The maximum Gasteiger partial charge on any atom is 0.337 e. The highest BCUT2D eigenvalue weighted by Crippen LogP contribution is 2.33. The first kappa shape index (κ1) is 23.9. The first-order valence-electron chi connectivity index (χ1n) is 10.2. The van der Waals surface area contributed by atoms with Crippen molar-refractivity contribution in [2.24, 2.45) is 7.05 Å². The molecule has 0 saturated heterocycles. The lowest BCUT2D eigenvalue weighted by Crippen LogP contribution is -2.27. The first-order chi connectivity index (χ1) is 15.5. The van der Waals surface area contributed by atoms with Gasteiger partial charge in [-0.3, -0.25) is 4.79 Å². The number of carbonyl (C=O) groups excluding carboxylic acids is 2. The molecule has 7 nitrogen and oxygen atoms in total. The third-order valence-corrected chi connectivity index (χ3v) is 5.13. The first-order valence-corrected chi connectivity index (χ1v) is 10.2. The maximum atomic E-state index is 13.7. The van der Waals surface area contributed by atoms with E-state index < -0.39 is 23.8 Å². The number of nitrogens with zero attached hydrogens (tertiary/aromatic N) is 2. The van der Waals surface area contributed by atoms with Crippen LogP contribution in [0.15, 0.2) is 48.5 Å². The van der Waals surface area contributed by atoms with Crippen LogP contribution in [-0.2, 0) is 17.7 Å². The van der Waals surface area contributed by atoms with E-state index in [9.17, 15) is 18.4 Å². The number of esters is 1. The zero-order valence-electron chi connectivity index (χ0n) is 19.0. The van der Waals surface area contributed by atoms with Gasteiger partial charge in [0, 0.05) is 19.5 Å². The Morgan fingerprint density at radius 3 is 2.42 bits per heavy atom. The van der Waals surface area contributed by atoms with Gasteiger partial charge in [0.15, 0.2) is 0 Å². The van der Waals surface area contributed by atoms with Crippen molar-refractivity contribution in [3.05, 3.63) is 76.5 Å². The number of ether oxygens (including phenoxy) is 2. The van der Waals surface area contributed by atoms with E-state index in [1.165, 1.54) is 36.1 Å². The van der Waals surface area contributed by atoms with Gasteiger partial charge in [-0.1, -0.05) is 24.3 Å². The number of alkyl halides is 2. The van der Waals surface area contributed by atoms with Gasteiger partial charge in [0.2, 0.25) is 5.88 Å². The predicted molar refractivity (Wildman–Crippen MR) is 118 cm³/mol. The van der Waals surface area contributed by atoms with Crippen LogP contribution in [0.2, 0.25) is 0 Å². The van der Waals surface area contributed by atoms with Crippen LogP contribution in [0.3, 0.4) is 0 Å². The van der Waals surface area contributed by atoms with Crippen molar-refractivity contribution in [3.63, 3.8) is 0 Å². The van der Waals surface area contributed by atoms with Gasteiger partial charge in [0.1, 0.15) is 11.3 Å². The fourth-order valence-corrected chi connectivity index (χ4v) is 3.34. The van der Waals surface area contributed by atoms with E-state index in [1.807, 2.05) is 0 Å². The molecule has 0 aliphatic rings. The highest BCUT2D eigenvalue weighted by atomic mass is 19.3. The van der Waals surface area contributed by atoms with E-state index in [2.05, 4.69) is 15.2 Å². The minimum Gasteiger partial charge on any atom is -0.465 e. The number of hydrogen-bond acceptors (Lipinski definition) is 5. The van der Waals surface area contributed by atoms with Crippen LogP contribution in [0.1, 0.15) is 57.4 Å². The molecule has 0 saturated carbocycles. The second-order valence-corrected chi connectivity index (χ2v) is 7.72. The van der Waals surface area contributed by atoms with E-state index >= 15 is 0 Å². The number of aryl methyl sites for hydroxylation is 2. The lowest BCUT2D eigenvalue weighted by atomic mass is 10.1. The van der Waals surface area contributed by atoms with E-state index in [1.54, 1.807) is 45.2 Å². The second-order valence-electron chi connectivity index (χ2n) is 7.72. The molecular formula is C24H25F2N3O4. The molecule has 174 valence electrons. The Bertz CT molecular complexity index is 1170. The third-order valence-electron chi connectivity index (χ3n) is 5.13. The molecule has 3 rings (SSSR count). The summed E-state index contributed by atoms with van der Waals surface area (Å²) in [6, 6.07) is 11.8. The van der Waals surface area contributed by atoms with Crippen LogP contribution in [-0.4, -0.2) is 28.8 Å². The fourth-order valence-electron chi connectivity index (χ4n) is 3.34. The van der Waals surface area contributed by atoms with Gasteiger partial charge in [-0.25, -0.2) is 18.3 Å². The van der Waals surface area contributed by atoms with Crippen LogP contribution in [0.5, 0.6) is 11.6 Å². The standard InChI is InChI=1S/C24H25F2N3O4/c1-14(16-9-11-17(12-10-16)23(31)32-5)27-21(30)20-15(2)28-29(4)22(20)33-19-8-6-7-18(13-19)24(3,25)26/h6-14H,1-5H3,(H,27,30)/t14-/m0/s1. The van der Waals surface area contributed by atoms with Crippen molar-refractivity contribution in [2.75, 3.05) is 7.11 Å². The van der Waals surface area contributed by atoms with E-state index in [4.69, 9.17) is 4.74 Å². The molecular weight excluding hydrogens is 432 g/mol. The summed E-state index contributed by atoms with van der Waals surface area (Å²) in [6.07, 6.45) is 0. The lowest BCUT2D eigenvalue weighted by molar-refractivity contribution is 0.0172. The molecule has 0 spiro atoms. The molecule has 0 aliphatic carbocycles. The summed E-state index contributed by atoms with van der Waals surface area (Å²) in [4.78, 5) is 24.7. The summed E-state index contributed by atoms with van der Waals surface area (Å²) in [5.74, 6) is -3.61. The zero-order chi connectivity index (χ0) is 24.3. The number of benzene rings is 2. The van der Waals surface area contributed by atoms with Crippen molar-refractivity contribution in [1.82, 2.24) is 15.1 Å². The predicted octanol–water partition coefficient (Wildman–Crippen LogP) is 4.91. The molecule has 1 aromatic heterocycles. The topological polar surface area (TPSA) is 82.5 Å². The van der Waals surface area contributed by atoms with Crippen LogP contribution in [0, 0.1) is 6.92 Å². The number of hydrogen-bond donors (Lipinski definition) is 1. The van der Waals surface area contributed by atoms with E-state index in [0.29, 0.717) is 11.3 Å². The zero-order valence-corrected chi connectivity index (χ0v) is 19.0. The Balaban J connectivity index is 1.82. The molecule has 0 radical (unpaired) electrons. The third kappa shape index (κ3) is 5.36. The largest absolute Gasteiger partial charge is 0.465 e. The Kier molecular flexibility index (Phi) is 6.81. The average Bonchev–Trinajstić information content (AvgIpc) is 3.05.